The summed E-state index contributed by atoms with van der Waals surface area (Å²) in [5, 5.41) is 0. The molecule has 1 aromatic carbocycles. The van der Waals surface area contributed by atoms with Crippen molar-refractivity contribution in [1.29, 1.82) is 0 Å². The van der Waals surface area contributed by atoms with Crippen molar-refractivity contribution in [2.45, 2.75) is 38.0 Å². The minimum atomic E-state index is -3.93. The molecule has 0 N–H and O–H groups in total. The molecular formula is C15H20ClNO3S. The van der Waals surface area contributed by atoms with E-state index in [0.717, 1.165) is 24.8 Å². The van der Waals surface area contributed by atoms with Crippen LogP contribution in [0.15, 0.2) is 23.1 Å². The van der Waals surface area contributed by atoms with Crippen molar-refractivity contribution < 1.29 is 13.2 Å². The van der Waals surface area contributed by atoms with Crippen LogP contribution in [0.1, 0.15) is 42.1 Å². The Morgan fingerprint density at radius 2 is 2.00 bits per heavy atom. The second kappa shape index (κ2) is 6.36. The Hall–Kier alpha value is -1.07. The Kier molecular flexibility index (Phi) is 4.94. The van der Waals surface area contributed by atoms with Crippen molar-refractivity contribution in [2.24, 2.45) is 5.92 Å². The SMILES string of the molecule is Cc1ccc(S(=O)(=O)Cl)c(C(=O)N2CCCC(C)CC2)c1. The summed E-state index contributed by atoms with van der Waals surface area (Å²) in [4.78, 5) is 14.3. The van der Waals surface area contributed by atoms with Gasteiger partial charge in [-0.2, -0.15) is 0 Å². The van der Waals surface area contributed by atoms with Crippen molar-refractivity contribution in [3.63, 3.8) is 0 Å². The Bertz CT molecular complexity index is 642. The van der Waals surface area contributed by atoms with Crippen molar-refractivity contribution in [2.75, 3.05) is 13.1 Å². The topological polar surface area (TPSA) is 54.5 Å². The van der Waals surface area contributed by atoms with Crippen LogP contribution < -0.4 is 0 Å². The van der Waals surface area contributed by atoms with Crippen LogP contribution in [0.2, 0.25) is 0 Å². The molecule has 6 heteroatoms. The Morgan fingerprint density at radius 3 is 2.67 bits per heavy atom. The number of aryl methyl sites for hydroxylation is 1. The maximum atomic E-state index is 12.7. The van der Waals surface area contributed by atoms with Gasteiger partial charge in [0.2, 0.25) is 0 Å². The first kappa shape index (κ1) is 16.3. The average molecular weight is 330 g/mol. The lowest BCUT2D eigenvalue weighted by Crippen LogP contribution is -2.32. The number of benzene rings is 1. The van der Waals surface area contributed by atoms with Gasteiger partial charge in [-0.3, -0.25) is 4.79 Å². The van der Waals surface area contributed by atoms with Gasteiger partial charge < -0.3 is 4.90 Å². The van der Waals surface area contributed by atoms with Crippen LogP contribution in [0, 0.1) is 12.8 Å². The first-order valence-corrected chi connectivity index (χ1v) is 9.44. The van der Waals surface area contributed by atoms with Gasteiger partial charge in [-0.15, -0.1) is 0 Å². The van der Waals surface area contributed by atoms with Gasteiger partial charge in [0, 0.05) is 23.8 Å². The summed E-state index contributed by atoms with van der Waals surface area (Å²) in [7, 11) is 1.53. The molecule has 1 aliphatic rings. The molecular weight excluding hydrogens is 310 g/mol. The highest BCUT2D eigenvalue weighted by Crippen LogP contribution is 2.24. The third-order valence-electron chi connectivity index (χ3n) is 3.93. The van der Waals surface area contributed by atoms with Gasteiger partial charge in [-0.05, 0) is 44.2 Å². The van der Waals surface area contributed by atoms with E-state index in [-0.39, 0.29) is 16.4 Å². The van der Waals surface area contributed by atoms with Gasteiger partial charge >= 0.3 is 0 Å². The lowest BCUT2D eigenvalue weighted by atomic mass is 10.0. The third kappa shape index (κ3) is 3.98. The van der Waals surface area contributed by atoms with Crippen LogP contribution in [0.3, 0.4) is 0 Å². The second-order valence-electron chi connectivity index (χ2n) is 5.77. The molecule has 1 heterocycles. The zero-order chi connectivity index (χ0) is 15.6. The Labute approximate surface area is 130 Å². The summed E-state index contributed by atoms with van der Waals surface area (Å²) >= 11 is 0. The number of amides is 1. The van der Waals surface area contributed by atoms with Crippen molar-refractivity contribution in [3.05, 3.63) is 29.3 Å². The predicted molar refractivity (Wildman–Crippen MR) is 83.1 cm³/mol. The quantitative estimate of drug-likeness (QED) is 0.783. The highest BCUT2D eigenvalue weighted by molar-refractivity contribution is 8.13. The number of nitrogens with zero attached hydrogens (tertiary/aromatic N) is 1. The maximum Gasteiger partial charge on any atom is 0.262 e. The van der Waals surface area contributed by atoms with Gasteiger partial charge in [0.05, 0.1) is 10.5 Å². The molecule has 2 rings (SSSR count). The number of rotatable bonds is 2. The number of hydrogen-bond acceptors (Lipinski definition) is 3. The molecule has 1 aromatic rings. The Balaban J connectivity index is 2.36. The smallest absolute Gasteiger partial charge is 0.262 e. The van der Waals surface area contributed by atoms with E-state index in [4.69, 9.17) is 10.7 Å². The first-order valence-electron chi connectivity index (χ1n) is 7.13. The molecule has 1 fully saturated rings. The summed E-state index contributed by atoms with van der Waals surface area (Å²) in [6.45, 7) is 5.33. The summed E-state index contributed by atoms with van der Waals surface area (Å²) in [6, 6.07) is 4.66. The molecule has 0 saturated carbocycles. The van der Waals surface area contributed by atoms with Crippen molar-refractivity contribution in [1.82, 2.24) is 4.90 Å². The number of carbonyl (C=O) groups is 1. The van der Waals surface area contributed by atoms with Crippen LogP contribution in [0.25, 0.3) is 0 Å². The molecule has 1 unspecified atom stereocenters. The summed E-state index contributed by atoms with van der Waals surface area (Å²) in [6.07, 6.45) is 2.99. The fourth-order valence-corrected chi connectivity index (χ4v) is 3.70. The zero-order valence-electron chi connectivity index (χ0n) is 12.3. The number of carbonyl (C=O) groups excluding carboxylic acids is 1. The maximum absolute atomic E-state index is 12.7. The molecule has 1 saturated heterocycles. The summed E-state index contributed by atoms with van der Waals surface area (Å²) in [5.41, 5.74) is 1.02. The van der Waals surface area contributed by atoms with Crippen LogP contribution in [0.5, 0.6) is 0 Å². The normalized spacial score (nSPS) is 20.1. The first-order chi connectivity index (χ1) is 9.79. The Morgan fingerprint density at radius 1 is 1.29 bits per heavy atom. The minimum Gasteiger partial charge on any atom is -0.339 e. The second-order valence-corrected chi connectivity index (χ2v) is 8.30. The largest absolute Gasteiger partial charge is 0.339 e. The van der Waals surface area contributed by atoms with E-state index in [1.807, 2.05) is 6.92 Å². The van der Waals surface area contributed by atoms with Gasteiger partial charge in [0.25, 0.3) is 15.0 Å². The van der Waals surface area contributed by atoms with E-state index in [2.05, 4.69) is 6.92 Å². The molecule has 21 heavy (non-hydrogen) atoms. The third-order valence-corrected chi connectivity index (χ3v) is 5.31. The fourth-order valence-electron chi connectivity index (χ4n) is 2.66. The van der Waals surface area contributed by atoms with Crippen LogP contribution in [-0.2, 0) is 9.05 Å². The van der Waals surface area contributed by atoms with E-state index >= 15 is 0 Å². The summed E-state index contributed by atoms with van der Waals surface area (Å²) < 4.78 is 23.3. The molecule has 116 valence electrons. The predicted octanol–water partition coefficient (Wildman–Crippen LogP) is 3.18. The highest BCUT2D eigenvalue weighted by atomic mass is 35.7. The average Bonchev–Trinajstić information content (AvgIpc) is 2.61. The number of halogens is 1. The monoisotopic (exact) mass is 329 g/mol. The van der Waals surface area contributed by atoms with E-state index in [1.54, 1.807) is 17.0 Å². The van der Waals surface area contributed by atoms with Gasteiger partial charge in [-0.1, -0.05) is 18.6 Å². The summed E-state index contributed by atoms with van der Waals surface area (Å²) in [5.74, 6) is 0.351. The molecule has 0 bridgehead atoms. The van der Waals surface area contributed by atoms with Gasteiger partial charge in [-0.25, -0.2) is 8.42 Å². The fraction of sp³-hybridized carbons (Fsp3) is 0.533. The molecule has 0 aromatic heterocycles. The molecule has 0 radical (unpaired) electrons. The molecule has 1 amide bonds. The van der Waals surface area contributed by atoms with Crippen molar-refractivity contribution in [3.8, 4) is 0 Å². The van der Waals surface area contributed by atoms with Gasteiger partial charge in [0.15, 0.2) is 0 Å². The van der Waals surface area contributed by atoms with Gasteiger partial charge in [0.1, 0.15) is 0 Å². The van der Waals surface area contributed by atoms with E-state index in [0.29, 0.717) is 19.0 Å². The zero-order valence-corrected chi connectivity index (χ0v) is 13.9. The van der Waals surface area contributed by atoms with E-state index in [1.165, 1.54) is 6.07 Å². The van der Waals surface area contributed by atoms with Crippen LogP contribution in [0.4, 0.5) is 0 Å². The van der Waals surface area contributed by atoms with Crippen molar-refractivity contribution >= 4 is 25.6 Å². The van der Waals surface area contributed by atoms with Crippen LogP contribution >= 0.6 is 10.7 Å². The minimum absolute atomic E-state index is 0.0999. The molecule has 4 nitrogen and oxygen atoms in total. The lowest BCUT2D eigenvalue weighted by molar-refractivity contribution is 0.0756. The highest BCUT2D eigenvalue weighted by Gasteiger charge is 2.25. The standard InChI is InChI=1S/C15H20ClNO3S/c1-11-4-3-8-17(9-7-11)15(18)13-10-12(2)5-6-14(13)21(16,19)20/h5-6,10-11H,3-4,7-9H2,1-2H3. The molecule has 0 aliphatic carbocycles. The number of hydrogen-bond donors (Lipinski definition) is 0. The van der Waals surface area contributed by atoms with Crippen LogP contribution in [-0.4, -0.2) is 32.3 Å². The molecule has 0 spiro atoms. The molecule has 1 aliphatic heterocycles. The molecule has 1 atom stereocenters. The number of likely N-dealkylation sites (tertiary alicyclic amines) is 1. The van der Waals surface area contributed by atoms with E-state index < -0.39 is 9.05 Å². The van der Waals surface area contributed by atoms with E-state index in [9.17, 15) is 13.2 Å². The lowest BCUT2D eigenvalue weighted by Gasteiger charge is -2.21.